The molecule has 2 heterocycles. The van der Waals surface area contributed by atoms with Gasteiger partial charge in [-0.25, -0.2) is 0 Å². The minimum atomic E-state index is -0.139. The van der Waals surface area contributed by atoms with E-state index in [4.69, 9.17) is 16.0 Å². The van der Waals surface area contributed by atoms with E-state index in [-0.39, 0.29) is 12.5 Å². The first-order valence-corrected chi connectivity index (χ1v) is 9.43. The van der Waals surface area contributed by atoms with Crippen molar-refractivity contribution < 1.29 is 9.21 Å². The lowest BCUT2D eigenvalue weighted by molar-refractivity contribution is -0.133. The Bertz CT molecular complexity index is 1080. The fourth-order valence-electron chi connectivity index (χ4n) is 2.90. The van der Waals surface area contributed by atoms with Crippen molar-refractivity contribution in [2.75, 3.05) is 0 Å². The highest BCUT2D eigenvalue weighted by Gasteiger charge is 2.18. The van der Waals surface area contributed by atoms with Crippen LogP contribution in [0.2, 0.25) is 5.02 Å². The van der Waals surface area contributed by atoms with E-state index in [1.807, 2.05) is 48.5 Å². The van der Waals surface area contributed by atoms with E-state index in [9.17, 15) is 4.79 Å². The number of amides is 1. The fraction of sp³-hybridized carbons (Fsp3) is 0.143. The molecule has 1 amide bonds. The molecular formula is C21H18ClN5O2. The van der Waals surface area contributed by atoms with Crippen LogP contribution in [-0.2, 0) is 24.4 Å². The zero-order valence-electron chi connectivity index (χ0n) is 15.5. The summed E-state index contributed by atoms with van der Waals surface area (Å²) in [4.78, 5) is 16.0. The van der Waals surface area contributed by atoms with Crippen LogP contribution in [0.1, 0.15) is 11.3 Å². The molecular weight excluding hydrogens is 390 g/mol. The summed E-state index contributed by atoms with van der Waals surface area (Å²) in [6, 6.07) is 20.6. The van der Waals surface area contributed by atoms with E-state index in [1.165, 1.54) is 4.80 Å². The minimum Gasteiger partial charge on any atom is -0.467 e. The summed E-state index contributed by atoms with van der Waals surface area (Å²) in [5.41, 5.74) is 1.77. The predicted molar refractivity (Wildman–Crippen MR) is 108 cm³/mol. The smallest absolute Gasteiger partial charge is 0.246 e. The van der Waals surface area contributed by atoms with Crippen molar-refractivity contribution in [3.05, 3.63) is 89.3 Å². The summed E-state index contributed by atoms with van der Waals surface area (Å²) in [6.45, 7) is 0.786. The van der Waals surface area contributed by atoms with Gasteiger partial charge in [-0.3, -0.25) is 4.79 Å². The number of hydrogen-bond donors (Lipinski definition) is 0. The molecule has 4 aromatic rings. The number of tetrazole rings is 1. The Hall–Kier alpha value is -3.45. The van der Waals surface area contributed by atoms with E-state index in [0.29, 0.717) is 29.7 Å². The van der Waals surface area contributed by atoms with E-state index in [1.54, 1.807) is 29.4 Å². The Morgan fingerprint density at radius 3 is 2.66 bits per heavy atom. The largest absolute Gasteiger partial charge is 0.467 e. The average Bonchev–Trinajstić information content (AvgIpc) is 3.40. The van der Waals surface area contributed by atoms with E-state index < -0.39 is 0 Å². The fourth-order valence-corrected chi connectivity index (χ4v) is 3.09. The van der Waals surface area contributed by atoms with Gasteiger partial charge in [-0.2, -0.15) is 4.80 Å². The molecule has 0 aliphatic carbocycles. The lowest BCUT2D eigenvalue weighted by atomic mass is 10.2. The number of aromatic nitrogens is 4. The number of halogens is 1. The molecule has 4 rings (SSSR count). The number of furan rings is 1. The topological polar surface area (TPSA) is 77.1 Å². The summed E-state index contributed by atoms with van der Waals surface area (Å²) in [5, 5.41) is 12.9. The Morgan fingerprint density at radius 2 is 1.90 bits per heavy atom. The number of hydrogen-bond acceptors (Lipinski definition) is 5. The second-order valence-electron chi connectivity index (χ2n) is 6.47. The van der Waals surface area contributed by atoms with E-state index in [2.05, 4.69) is 15.4 Å². The van der Waals surface area contributed by atoms with Crippen molar-refractivity contribution in [1.82, 2.24) is 25.1 Å². The molecule has 0 aliphatic rings. The molecule has 2 aromatic heterocycles. The number of rotatable bonds is 7. The highest BCUT2D eigenvalue weighted by molar-refractivity contribution is 6.30. The molecule has 0 fully saturated rings. The molecule has 0 unspecified atom stereocenters. The number of nitrogens with zero attached hydrogens (tertiary/aromatic N) is 5. The lowest BCUT2D eigenvalue weighted by Crippen LogP contribution is -2.33. The van der Waals surface area contributed by atoms with Crippen molar-refractivity contribution in [2.45, 2.75) is 19.6 Å². The first-order chi connectivity index (χ1) is 14.2. The maximum Gasteiger partial charge on any atom is 0.246 e. The second-order valence-corrected chi connectivity index (χ2v) is 6.90. The van der Waals surface area contributed by atoms with Crippen LogP contribution in [0.4, 0.5) is 0 Å². The third-order valence-electron chi connectivity index (χ3n) is 4.31. The second kappa shape index (κ2) is 8.70. The number of benzene rings is 2. The van der Waals surface area contributed by atoms with Gasteiger partial charge in [0.2, 0.25) is 11.7 Å². The predicted octanol–water partition coefficient (Wildman–Crippen LogP) is 3.82. The Labute approximate surface area is 172 Å². The van der Waals surface area contributed by atoms with Crippen LogP contribution in [0.25, 0.3) is 11.4 Å². The van der Waals surface area contributed by atoms with Crippen LogP contribution < -0.4 is 0 Å². The first kappa shape index (κ1) is 18.9. The monoisotopic (exact) mass is 407 g/mol. The van der Waals surface area contributed by atoms with E-state index in [0.717, 1.165) is 11.1 Å². The van der Waals surface area contributed by atoms with Gasteiger partial charge < -0.3 is 9.32 Å². The summed E-state index contributed by atoms with van der Waals surface area (Å²) in [5.74, 6) is 0.988. The molecule has 2 aromatic carbocycles. The number of carbonyl (C=O) groups is 1. The highest BCUT2D eigenvalue weighted by Crippen LogP contribution is 2.18. The molecule has 29 heavy (non-hydrogen) atoms. The third-order valence-corrected chi connectivity index (χ3v) is 4.54. The quantitative estimate of drug-likeness (QED) is 0.465. The van der Waals surface area contributed by atoms with Gasteiger partial charge in [-0.05, 0) is 35.0 Å². The number of carbonyl (C=O) groups excluding carboxylic acids is 1. The van der Waals surface area contributed by atoms with Crippen LogP contribution in [0, 0.1) is 0 Å². The van der Waals surface area contributed by atoms with Gasteiger partial charge in [0.05, 0.1) is 12.8 Å². The van der Waals surface area contributed by atoms with Crippen LogP contribution in [0.15, 0.2) is 77.4 Å². The highest BCUT2D eigenvalue weighted by atomic mass is 35.5. The van der Waals surface area contributed by atoms with Gasteiger partial charge in [0.15, 0.2) is 0 Å². The van der Waals surface area contributed by atoms with Crippen molar-refractivity contribution >= 4 is 17.5 Å². The molecule has 7 nitrogen and oxygen atoms in total. The normalized spacial score (nSPS) is 10.8. The first-order valence-electron chi connectivity index (χ1n) is 9.05. The van der Waals surface area contributed by atoms with Gasteiger partial charge in [0, 0.05) is 17.1 Å². The van der Waals surface area contributed by atoms with E-state index >= 15 is 0 Å². The molecule has 0 spiro atoms. The van der Waals surface area contributed by atoms with Crippen LogP contribution in [-0.4, -0.2) is 31.0 Å². The molecule has 0 saturated heterocycles. The van der Waals surface area contributed by atoms with Gasteiger partial charge in [-0.1, -0.05) is 54.1 Å². The van der Waals surface area contributed by atoms with Gasteiger partial charge >= 0.3 is 0 Å². The zero-order valence-corrected chi connectivity index (χ0v) is 16.2. The van der Waals surface area contributed by atoms with Gasteiger partial charge in [0.25, 0.3) is 0 Å². The molecule has 0 bridgehead atoms. The Balaban J connectivity index is 1.50. The molecule has 146 valence electrons. The molecule has 8 heteroatoms. The SMILES string of the molecule is O=C(Cn1nnc(-c2cccc(Cl)c2)n1)N(Cc1ccccc1)Cc1ccco1. The van der Waals surface area contributed by atoms with Crippen molar-refractivity contribution in [1.29, 1.82) is 0 Å². The van der Waals surface area contributed by atoms with Crippen molar-refractivity contribution in [3.63, 3.8) is 0 Å². The summed E-state index contributed by atoms with van der Waals surface area (Å²) < 4.78 is 5.42. The minimum absolute atomic E-state index is 0.0267. The van der Waals surface area contributed by atoms with Crippen LogP contribution in [0.3, 0.4) is 0 Å². The van der Waals surface area contributed by atoms with Crippen molar-refractivity contribution in [3.8, 4) is 11.4 Å². The Kier molecular flexibility index (Phi) is 5.67. The van der Waals surface area contributed by atoms with Gasteiger partial charge in [0.1, 0.15) is 12.3 Å². The maximum atomic E-state index is 13.0. The molecule has 0 radical (unpaired) electrons. The molecule has 0 aliphatic heterocycles. The third kappa shape index (κ3) is 4.89. The summed E-state index contributed by atoms with van der Waals surface area (Å²) >= 11 is 6.02. The molecule has 0 saturated carbocycles. The van der Waals surface area contributed by atoms with Crippen LogP contribution >= 0.6 is 11.6 Å². The Morgan fingerprint density at radius 1 is 1.03 bits per heavy atom. The summed E-state index contributed by atoms with van der Waals surface area (Å²) in [6.07, 6.45) is 1.59. The maximum absolute atomic E-state index is 13.0. The summed E-state index contributed by atoms with van der Waals surface area (Å²) in [7, 11) is 0. The molecule has 0 atom stereocenters. The van der Waals surface area contributed by atoms with Crippen LogP contribution in [0.5, 0.6) is 0 Å². The van der Waals surface area contributed by atoms with Gasteiger partial charge in [-0.15, -0.1) is 10.2 Å². The molecule has 0 N–H and O–H groups in total. The standard InChI is InChI=1S/C21H18ClN5O2/c22-18-9-4-8-17(12-18)21-23-25-27(24-21)15-20(28)26(14-19-10-5-11-29-19)13-16-6-2-1-3-7-16/h1-12H,13-15H2. The average molecular weight is 408 g/mol. The lowest BCUT2D eigenvalue weighted by Gasteiger charge is -2.21. The van der Waals surface area contributed by atoms with Crippen molar-refractivity contribution in [2.24, 2.45) is 0 Å². The zero-order chi connectivity index (χ0) is 20.1.